The third-order valence-electron chi connectivity index (χ3n) is 2.54. The van der Waals surface area contributed by atoms with Crippen LogP contribution in [0.2, 0.25) is 0 Å². The molecule has 0 radical (unpaired) electrons. The van der Waals surface area contributed by atoms with Gasteiger partial charge in [-0.3, -0.25) is 0 Å². The van der Waals surface area contributed by atoms with Crippen molar-refractivity contribution in [1.82, 2.24) is 0 Å². The van der Waals surface area contributed by atoms with Gasteiger partial charge in [-0.15, -0.1) is 0 Å². The van der Waals surface area contributed by atoms with E-state index in [1.54, 1.807) is 0 Å². The lowest BCUT2D eigenvalue weighted by Crippen LogP contribution is -2.29. The predicted octanol–water partition coefficient (Wildman–Crippen LogP) is 3.65. The molecule has 0 bridgehead atoms. The van der Waals surface area contributed by atoms with Gasteiger partial charge in [0, 0.05) is 17.1 Å². The molecule has 16 heavy (non-hydrogen) atoms. The number of ether oxygens (including phenoxy) is 1. The fraction of sp³-hybridized carbons (Fsp3) is 0.538. The minimum atomic E-state index is 0.00227. The smallest absolute Gasteiger partial charge is 0.0975 e. The Balaban J connectivity index is 2.82. The van der Waals surface area contributed by atoms with Crippen LogP contribution in [-0.2, 0) is 4.74 Å². The molecular formula is C13H20BrNO. The Morgan fingerprint density at radius 2 is 2.12 bits per heavy atom. The van der Waals surface area contributed by atoms with Gasteiger partial charge in [0.1, 0.15) is 0 Å². The van der Waals surface area contributed by atoms with Crippen molar-refractivity contribution in [1.29, 1.82) is 0 Å². The van der Waals surface area contributed by atoms with E-state index >= 15 is 0 Å². The van der Waals surface area contributed by atoms with Crippen LogP contribution in [0.3, 0.4) is 0 Å². The van der Waals surface area contributed by atoms with Crippen molar-refractivity contribution in [3.8, 4) is 0 Å². The van der Waals surface area contributed by atoms with Crippen molar-refractivity contribution in [2.45, 2.75) is 38.8 Å². The molecule has 0 heterocycles. The van der Waals surface area contributed by atoms with Crippen LogP contribution in [-0.4, -0.2) is 12.6 Å². The lowest BCUT2D eigenvalue weighted by Gasteiger charge is -2.23. The van der Waals surface area contributed by atoms with Gasteiger partial charge in [0.25, 0.3) is 0 Å². The average Bonchev–Trinajstić information content (AvgIpc) is 2.29. The van der Waals surface area contributed by atoms with Gasteiger partial charge in [0.15, 0.2) is 0 Å². The van der Waals surface area contributed by atoms with Crippen LogP contribution in [0.15, 0.2) is 28.7 Å². The first-order valence-corrected chi connectivity index (χ1v) is 6.61. The number of halogens is 1. The van der Waals surface area contributed by atoms with Crippen molar-refractivity contribution in [3.05, 3.63) is 34.3 Å². The van der Waals surface area contributed by atoms with Crippen LogP contribution in [0.5, 0.6) is 0 Å². The summed E-state index contributed by atoms with van der Waals surface area (Å²) in [4.78, 5) is 0. The highest BCUT2D eigenvalue weighted by Gasteiger charge is 2.18. The first-order valence-electron chi connectivity index (χ1n) is 5.81. The first kappa shape index (κ1) is 13.7. The highest BCUT2D eigenvalue weighted by Crippen LogP contribution is 2.24. The van der Waals surface area contributed by atoms with E-state index in [0.29, 0.717) is 0 Å². The summed E-state index contributed by atoms with van der Waals surface area (Å²) in [5, 5.41) is 0. The van der Waals surface area contributed by atoms with Gasteiger partial charge < -0.3 is 10.5 Å². The van der Waals surface area contributed by atoms with Crippen molar-refractivity contribution in [3.63, 3.8) is 0 Å². The van der Waals surface area contributed by atoms with Crippen LogP contribution in [0.4, 0.5) is 0 Å². The lowest BCUT2D eigenvalue weighted by molar-refractivity contribution is 0.0339. The monoisotopic (exact) mass is 285 g/mol. The van der Waals surface area contributed by atoms with Gasteiger partial charge in [-0.1, -0.05) is 41.9 Å². The summed E-state index contributed by atoms with van der Waals surface area (Å²) >= 11 is 3.47. The zero-order valence-corrected chi connectivity index (χ0v) is 11.5. The molecule has 0 amide bonds. The van der Waals surface area contributed by atoms with Crippen molar-refractivity contribution < 1.29 is 4.74 Å². The van der Waals surface area contributed by atoms with E-state index in [1.807, 2.05) is 12.1 Å². The van der Waals surface area contributed by atoms with Crippen LogP contribution in [0.1, 0.15) is 38.4 Å². The second-order valence-electron chi connectivity index (χ2n) is 3.92. The van der Waals surface area contributed by atoms with Crippen molar-refractivity contribution in [2.75, 3.05) is 6.61 Å². The van der Waals surface area contributed by atoms with Crippen molar-refractivity contribution in [2.24, 2.45) is 5.73 Å². The van der Waals surface area contributed by atoms with Crippen LogP contribution >= 0.6 is 15.9 Å². The third-order valence-corrected chi connectivity index (χ3v) is 3.03. The van der Waals surface area contributed by atoms with Gasteiger partial charge >= 0.3 is 0 Å². The fourth-order valence-electron chi connectivity index (χ4n) is 1.61. The first-order chi connectivity index (χ1) is 7.69. The highest BCUT2D eigenvalue weighted by molar-refractivity contribution is 9.10. The Labute approximate surface area is 106 Å². The van der Waals surface area contributed by atoms with Crippen LogP contribution in [0, 0.1) is 0 Å². The van der Waals surface area contributed by atoms with E-state index in [9.17, 15) is 0 Å². The molecule has 0 saturated carbocycles. The highest BCUT2D eigenvalue weighted by atomic mass is 79.9. The molecule has 0 spiro atoms. The van der Waals surface area contributed by atoms with E-state index in [1.165, 1.54) is 0 Å². The van der Waals surface area contributed by atoms with Gasteiger partial charge in [0.05, 0.1) is 6.10 Å². The molecule has 0 fully saturated rings. The lowest BCUT2D eigenvalue weighted by atomic mass is 10.0. The van der Waals surface area contributed by atoms with Crippen LogP contribution in [0.25, 0.3) is 0 Å². The molecule has 0 aliphatic rings. The maximum Gasteiger partial charge on any atom is 0.0975 e. The molecule has 2 N–H and O–H groups in total. The zero-order chi connectivity index (χ0) is 12.0. The van der Waals surface area contributed by atoms with Gasteiger partial charge in [-0.25, -0.2) is 0 Å². The van der Waals surface area contributed by atoms with Crippen LogP contribution < -0.4 is 5.73 Å². The second-order valence-corrected chi connectivity index (χ2v) is 4.83. The molecule has 2 nitrogen and oxygen atoms in total. The quantitative estimate of drug-likeness (QED) is 0.866. The molecule has 0 aliphatic heterocycles. The molecule has 2 atom stereocenters. The molecule has 2 unspecified atom stereocenters. The molecular weight excluding hydrogens is 266 g/mol. The molecule has 0 saturated heterocycles. The Morgan fingerprint density at radius 1 is 1.38 bits per heavy atom. The van der Waals surface area contributed by atoms with Gasteiger partial charge in [-0.05, 0) is 30.5 Å². The maximum atomic E-state index is 6.10. The number of benzene rings is 1. The number of rotatable bonds is 6. The Kier molecular flexibility index (Phi) is 6.03. The van der Waals surface area contributed by atoms with E-state index in [-0.39, 0.29) is 12.1 Å². The normalized spacial score (nSPS) is 14.8. The third kappa shape index (κ3) is 3.89. The summed E-state index contributed by atoms with van der Waals surface area (Å²) in [7, 11) is 0. The number of hydrogen-bond acceptors (Lipinski definition) is 2. The molecule has 0 aromatic heterocycles. The maximum absolute atomic E-state index is 6.10. The number of hydrogen-bond donors (Lipinski definition) is 1. The molecule has 1 aromatic carbocycles. The number of nitrogens with two attached hydrogens (primary N) is 1. The minimum absolute atomic E-state index is 0.00227. The summed E-state index contributed by atoms with van der Waals surface area (Å²) in [6, 6.07) is 8.24. The van der Waals surface area contributed by atoms with E-state index < -0.39 is 0 Å². The summed E-state index contributed by atoms with van der Waals surface area (Å²) in [6.45, 7) is 4.95. The van der Waals surface area contributed by atoms with E-state index in [4.69, 9.17) is 10.5 Å². The van der Waals surface area contributed by atoms with E-state index in [2.05, 4.69) is 41.9 Å². The molecule has 90 valence electrons. The summed E-state index contributed by atoms with van der Waals surface area (Å²) in [5.41, 5.74) is 7.25. The molecule has 3 heteroatoms. The standard InChI is InChI=1S/C13H20BrNO/c1-3-8-16-13(12(15)4-2)10-6-5-7-11(14)9-10/h5-7,9,12-13H,3-4,8,15H2,1-2H3. The summed E-state index contributed by atoms with van der Waals surface area (Å²) in [5.74, 6) is 0. The van der Waals surface area contributed by atoms with E-state index in [0.717, 1.165) is 29.5 Å². The summed E-state index contributed by atoms with van der Waals surface area (Å²) in [6.07, 6.45) is 1.93. The SMILES string of the molecule is CCCOC(c1cccc(Br)c1)C(N)CC. The predicted molar refractivity (Wildman–Crippen MR) is 71.4 cm³/mol. The zero-order valence-electron chi connectivity index (χ0n) is 9.95. The second kappa shape index (κ2) is 7.05. The minimum Gasteiger partial charge on any atom is -0.372 e. The molecule has 1 aromatic rings. The van der Waals surface area contributed by atoms with Crippen molar-refractivity contribution >= 4 is 15.9 Å². The Hall–Kier alpha value is -0.380. The Bertz CT molecular complexity index is 317. The summed E-state index contributed by atoms with van der Waals surface area (Å²) < 4.78 is 6.91. The fourth-order valence-corrected chi connectivity index (χ4v) is 2.03. The average molecular weight is 286 g/mol. The Morgan fingerprint density at radius 3 is 2.69 bits per heavy atom. The molecule has 1 rings (SSSR count). The van der Waals surface area contributed by atoms with Gasteiger partial charge in [-0.2, -0.15) is 0 Å². The van der Waals surface area contributed by atoms with Gasteiger partial charge in [0.2, 0.25) is 0 Å². The largest absolute Gasteiger partial charge is 0.372 e. The topological polar surface area (TPSA) is 35.2 Å². The molecule has 0 aliphatic carbocycles.